The molecular weight excluding hydrogens is 422 g/mol. The van der Waals surface area contributed by atoms with E-state index in [4.69, 9.17) is 4.74 Å². The second-order valence-corrected chi connectivity index (χ2v) is 9.06. The number of amides is 2. The molecule has 2 saturated heterocycles. The highest BCUT2D eigenvalue weighted by molar-refractivity contribution is 7.99. The lowest BCUT2D eigenvalue weighted by molar-refractivity contribution is -0.135. The first-order valence-corrected chi connectivity index (χ1v) is 11.3. The lowest BCUT2D eigenvalue weighted by atomic mass is 10.1. The zero-order valence-electron chi connectivity index (χ0n) is 17.2. The minimum atomic E-state index is -0.462. The summed E-state index contributed by atoms with van der Waals surface area (Å²) in [6, 6.07) is 10.7. The first-order chi connectivity index (χ1) is 15.0. The second kappa shape index (κ2) is 9.26. The molecule has 31 heavy (non-hydrogen) atoms. The van der Waals surface area contributed by atoms with Crippen LogP contribution in [0.25, 0.3) is 0 Å². The van der Waals surface area contributed by atoms with E-state index in [0.29, 0.717) is 48.8 Å². The van der Waals surface area contributed by atoms with Crippen LogP contribution in [0.5, 0.6) is 5.75 Å². The Hall–Kier alpha value is -2.61. The van der Waals surface area contributed by atoms with Crippen molar-refractivity contribution in [3.05, 3.63) is 59.7 Å². The molecule has 5 nitrogen and oxygen atoms in total. The topological polar surface area (TPSA) is 49.9 Å². The van der Waals surface area contributed by atoms with E-state index in [0.717, 1.165) is 12.1 Å². The SMILES string of the molecule is COc1cccc(N2CC(C(=O)N3CCSC(c4cc(F)ccc4F)CC3)CC2=O)c1. The van der Waals surface area contributed by atoms with Gasteiger partial charge in [-0.05, 0) is 36.8 Å². The highest BCUT2D eigenvalue weighted by Gasteiger charge is 2.38. The van der Waals surface area contributed by atoms with Crippen LogP contribution >= 0.6 is 11.8 Å². The van der Waals surface area contributed by atoms with Gasteiger partial charge in [0.25, 0.3) is 0 Å². The maximum absolute atomic E-state index is 14.2. The Morgan fingerprint density at radius 2 is 2.00 bits per heavy atom. The molecule has 164 valence electrons. The molecule has 2 aromatic rings. The molecule has 0 radical (unpaired) electrons. The molecule has 0 aromatic heterocycles. The van der Waals surface area contributed by atoms with Crippen LogP contribution in [0.1, 0.15) is 23.7 Å². The summed E-state index contributed by atoms with van der Waals surface area (Å²) in [4.78, 5) is 29.1. The molecule has 4 rings (SSSR count). The smallest absolute Gasteiger partial charge is 0.228 e. The summed E-state index contributed by atoms with van der Waals surface area (Å²) in [6.07, 6.45) is 0.707. The number of methoxy groups -OCH3 is 1. The molecule has 0 aliphatic carbocycles. The van der Waals surface area contributed by atoms with Gasteiger partial charge in [-0.1, -0.05) is 6.07 Å². The zero-order chi connectivity index (χ0) is 22.0. The quantitative estimate of drug-likeness (QED) is 0.712. The van der Waals surface area contributed by atoms with Crippen molar-refractivity contribution in [2.45, 2.75) is 18.1 Å². The third kappa shape index (κ3) is 4.69. The number of thioether (sulfide) groups is 1. The highest BCUT2D eigenvalue weighted by Crippen LogP contribution is 2.37. The molecule has 2 heterocycles. The van der Waals surface area contributed by atoms with E-state index in [1.807, 2.05) is 12.1 Å². The van der Waals surface area contributed by atoms with Gasteiger partial charge in [-0.3, -0.25) is 9.59 Å². The number of hydrogen-bond donors (Lipinski definition) is 0. The number of carbonyl (C=O) groups is 2. The number of halogens is 2. The van der Waals surface area contributed by atoms with Crippen LogP contribution in [0.4, 0.5) is 14.5 Å². The van der Waals surface area contributed by atoms with Gasteiger partial charge in [-0.2, -0.15) is 11.8 Å². The van der Waals surface area contributed by atoms with E-state index in [-0.39, 0.29) is 23.5 Å². The maximum Gasteiger partial charge on any atom is 0.228 e. The molecule has 2 aliphatic rings. The van der Waals surface area contributed by atoms with Crippen LogP contribution < -0.4 is 9.64 Å². The van der Waals surface area contributed by atoms with Gasteiger partial charge in [0.15, 0.2) is 0 Å². The van der Waals surface area contributed by atoms with Crippen molar-refractivity contribution in [3.8, 4) is 5.75 Å². The van der Waals surface area contributed by atoms with Gasteiger partial charge in [0.2, 0.25) is 11.8 Å². The van der Waals surface area contributed by atoms with E-state index in [1.54, 1.807) is 29.0 Å². The molecule has 0 spiro atoms. The predicted octanol–water partition coefficient (Wildman–Crippen LogP) is 4.03. The normalized spacial score (nSPS) is 21.8. The van der Waals surface area contributed by atoms with Crippen molar-refractivity contribution in [1.82, 2.24) is 4.90 Å². The molecule has 2 aromatic carbocycles. The molecular formula is C23H24F2N2O3S. The molecule has 0 bridgehead atoms. The van der Waals surface area contributed by atoms with Gasteiger partial charge in [-0.25, -0.2) is 8.78 Å². The first-order valence-electron chi connectivity index (χ1n) is 10.3. The van der Waals surface area contributed by atoms with Gasteiger partial charge in [0, 0.05) is 54.4 Å². The fraction of sp³-hybridized carbons (Fsp3) is 0.391. The number of rotatable bonds is 4. The third-order valence-corrected chi connectivity index (χ3v) is 7.11. The average Bonchev–Trinajstić information content (AvgIpc) is 3.00. The number of ether oxygens (including phenoxy) is 1. The summed E-state index contributed by atoms with van der Waals surface area (Å²) in [7, 11) is 1.57. The van der Waals surface area contributed by atoms with Crippen molar-refractivity contribution in [2.75, 3.05) is 37.4 Å². The number of hydrogen-bond acceptors (Lipinski definition) is 4. The van der Waals surface area contributed by atoms with E-state index in [9.17, 15) is 18.4 Å². The Kier molecular flexibility index (Phi) is 6.46. The van der Waals surface area contributed by atoms with E-state index >= 15 is 0 Å². The fourth-order valence-corrected chi connectivity index (χ4v) is 5.40. The van der Waals surface area contributed by atoms with Gasteiger partial charge in [-0.15, -0.1) is 0 Å². The Labute approximate surface area is 184 Å². The Morgan fingerprint density at radius 1 is 1.16 bits per heavy atom. The average molecular weight is 447 g/mol. The molecule has 0 saturated carbocycles. The van der Waals surface area contributed by atoms with Crippen LogP contribution in [-0.4, -0.2) is 49.2 Å². The molecule has 2 unspecified atom stereocenters. The molecule has 2 amide bonds. The summed E-state index contributed by atoms with van der Waals surface area (Å²) in [6.45, 7) is 1.31. The van der Waals surface area contributed by atoms with Gasteiger partial charge < -0.3 is 14.5 Å². The monoisotopic (exact) mass is 446 g/mol. The van der Waals surface area contributed by atoms with Crippen molar-refractivity contribution in [1.29, 1.82) is 0 Å². The van der Waals surface area contributed by atoms with Crippen molar-refractivity contribution >= 4 is 29.3 Å². The highest BCUT2D eigenvalue weighted by atomic mass is 32.2. The van der Waals surface area contributed by atoms with E-state index in [2.05, 4.69) is 0 Å². The van der Waals surface area contributed by atoms with Crippen LogP contribution in [0.15, 0.2) is 42.5 Å². The third-order valence-electron chi connectivity index (χ3n) is 5.80. The fourth-order valence-electron chi connectivity index (χ4n) is 4.16. The minimum absolute atomic E-state index is 0.0558. The summed E-state index contributed by atoms with van der Waals surface area (Å²) in [5, 5.41) is -0.202. The molecule has 2 aliphatic heterocycles. The van der Waals surface area contributed by atoms with Crippen LogP contribution in [0.3, 0.4) is 0 Å². The summed E-state index contributed by atoms with van der Waals surface area (Å²) < 4.78 is 33.0. The molecule has 2 fully saturated rings. The lowest BCUT2D eigenvalue weighted by Crippen LogP contribution is -2.38. The maximum atomic E-state index is 14.2. The number of nitrogens with zero attached hydrogens (tertiary/aromatic N) is 2. The second-order valence-electron chi connectivity index (χ2n) is 7.75. The van der Waals surface area contributed by atoms with E-state index in [1.165, 1.54) is 17.8 Å². The molecule has 8 heteroatoms. The summed E-state index contributed by atoms with van der Waals surface area (Å²) in [5.74, 6) is -0.154. The Morgan fingerprint density at radius 3 is 2.81 bits per heavy atom. The number of carbonyl (C=O) groups excluding carboxylic acids is 2. The van der Waals surface area contributed by atoms with Gasteiger partial charge >= 0.3 is 0 Å². The first kappa shape index (κ1) is 21.6. The largest absolute Gasteiger partial charge is 0.497 e. The van der Waals surface area contributed by atoms with Gasteiger partial charge in [0.1, 0.15) is 17.4 Å². The Bertz CT molecular complexity index is 987. The number of anilines is 1. The lowest BCUT2D eigenvalue weighted by Gasteiger charge is -2.24. The van der Waals surface area contributed by atoms with Crippen LogP contribution in [0.2, 0.25) is 0 Å². The predicted molar refractivity (Wildman–Crippen MR) is 116 cm³/mol. The van der Waals surface area contributed by atoms with Crippen molar-refractivity contribution < 1.29 is 23.1 Å². The van der Waals surface area contributed by atoms with Crippen molar-refractivity contribution in [3.63, 3.8) is 0 Å². The van der Waals surface area contributed by atoms with Crippen LogP contribution in [0, 0.1) is 17.6 Å². The van der Waals surface area contributed by atoms with Gasteiger partial charge in [0.05, 0.1) is 13.0 Å². The molecule has 2 atom stereocenters. The minimum Gasteiger partial charge on any atom is -0.497 e. The standard InChI is InChI=1S/C23H24F2N2O3S/c1-30-18-4-2-3-17(13-18)27-14-15(11-22(27)28)23(29)26-8-7-21(31-10-9-26)19-12-16(24)5-6-20(19)25/h2-6,12-13,15,21H,7-11,14H2,1H3. The molecule has 0 N–H and O–H groups in total. The van der Waals surface area contributed by atoms with Crippen LogP contribution in [-0.2, 0) is 9.59 Å². The summed E-state index contributed by atoms with van der Waals surface area (Å²) >= 11 is 1.53. The summed E-state index contributed by atoms with van der Waals surface area (Å²) in [5.41, 5.74) is 1.06. The van der Waals surface area contributed by atoms with E-state index < -0.39 is 17.6 Å². The number of benzene rings is 2. The van der Waals surface area contributed by atoms with Crippen molar-refractivity contribution in [2.24, 2.45) is 5.92 Å². The Balaban J connectivity index is 1.42. The zero-order valence-corrected chi connectivity index (χ0v) is 18.0.